The molecule has 0 aliphatic carbocycles. The maximum absolute atomic E-state index is 17.3. The van der Waals surface area contributed by atoms with Crippen LogP contribution in [0.1, 0.15) is 22.5 Å². The van der Waals surface area contributed by atoms with Gasteiger partial charge in [0.25, 0.3) is 5.56 Å². The minimum Gasteiger partial charge on any atom is -0.296 e. The predicted molar refractivity (Wildman–Crippen MR) is 139 cm³/mol. The van der Waals surface area contributed by atoms with E-state index in [-0.39, 0.29) is 16.8 Å². The van der Waals surface area contributed by atoms with Gasteiger partial charge in [0.05, 0.1) is 11.9 Å². The summed E-state index contributed by atoms with van der Waals surface area (Å²) in [6, 6.07) is 15.5. The fourth-order valence-electron chi connectivity index (χ4n) is 4.13. The normalized spacial score (nSPS) is 12.9. The molecule has 0 radical (unpaired) electrons. The topological polar surface area (TPSA) is 78.5 Å². The van der Waals surface area contributed by atoms with Gasteiger partial charge in [-0.25, -0.2) is 19.0 Å². The fourth-order valence-corrected chi connectivity index (χ4v) is 4.49. The standard InChI is InChI=1S/C26H18FIN6O/c1-4-19-6-5-7-22(31-19)20-13-24(35)33(2)25-21(20)12-17(14-29-25)26(27,23-15-30-32-34(23)3)16-8-10-18(28)11-9-16/h1,5-15H,2-3H3/t26-/m1/s1. The summed E-state index contributed by atoms with van der Waals surface area (Å²) in [5.74, 6) is 2.51. The zero-order valence-electron chi connectivity index (χ0n) is 18.8. The molecule has 5 rings (SSSR count). The molecule has 0 saturated heterocycles. The molecule has 0 amide bonds. The van der Waals surface area contributed by atoms with Crippen LogP contribution in [0.15, 0.2) is 71.8 Å². The number of nitrogens with zero attached hydrogens (tertiary/aromatic N) is 6. The monoisotopic (exact) mass is 576 g/mol. The molecule has 4 aromatic heterocycles. The number of pyridine rings is 3. The van der Waals surface area contributed by atoms with Crippen molar-refractivity contribution in [3.63, 3.8) is 0 Å². The Morgan fingerprint density at radius 1 is 1.06 bits per heavy atom. The molecule has 4 heterocycles. The molecule has 35 heavy (non-hydrogen) atoms. The van der Waals surface area contributed by atoms with Gasteiger partial charge in [-0.1, -0.05) is 29.3 Å². The first-order valence-corrected chi connectivity index (χ1v) is 11.6. The molecule has 7 nitrogen and oxygen atoms in total. The molecule has 9 heteroatoms. The Morgan fingerprint density at radius 3 is 2.51 bits per heavy atom. The number of rotatable bonds is 4. The molecule has 0 N–H and O–H groups in total. The Kier molecular flexibility index (Phi) is 5.68. The summed E-state index contributed by atoms with van der Waals surface area (Å²) >= 11 is 2.18. The molecule has 1 aromatic carbocycles. The lowest BCUT2D eigenvalue weighted by Crippen LogP contribution is -2.27. The summed E-state index contributed by atoms with van der Waals surface area (Å²) in [6.45, 7) is 0. The van der Waals surface area contributed by atoms with Gasteiger partial charge in [0.2, 0.25) is 5.67 Å². The quantitative estimate of drug-likeness (QED) is 0.239. The van der Waals surface area contributed by atoms with Crippen LogP contribution in [0.2, 0.25) is 0 Å². The highest BCUT2D eigenvalue weighted by molar-refractivity contribution is 14.1. The summed E-state index contributed by atoms with van der Waals surface area (Å²) in [7, 11) is 3.27. The van der Waals surface area contributed by atoms with E-state index in [1.54, 1.807) is 50.5 Å². The van der Waals surface area contributed by atoms with E-state index in [0.29, 0.717) is 33.5 Å². The molecule has 0 fully saturated rings. The number of benzene rings is 1. The van der Waals surface area contributed by atoms with Gasteiger partial charge in [-0.15, -0.1) is 11.5 Å². The lowest BCUT2D eigenvalue weighted by Gasteiger charge is -2.26. The zero-order valence-corrected chi connectivity index (χ0v) is 20.9. The molecular weight excluding hydrogens is 558 g/mol. The number of aryl methyl sites for hydroxylation is 2. The van der Waals surface area contributed by atoms with E-state index in [1.807, 2.05) is 12.1 Å². The molecule has 0 aliphatic heterocycles. The van der Waals surface area contributed by atoms with Gasteiger partial charge in [-0.2, -0.15) is 0 Å². The van der Waals surface area contributed by atoms with Crippen LogP contribution in [0.5, 0.6) is 0 Å². The molecule has 5 aromatic rings. The number of hydrogen-bond donors (Lipinski definition) is 0. The van der Waals surface area contributed by atoms with Crippen molar-refractivity contribution in [3.8, 4) is 23.6 Å². The number of alkyl halides is 1. The van der Waals surface area contributed by atoms with E-state index >= 15 is 4.39 Å². The van der Waals surface area contributed by atoms with Crippen LogP contribution in [-0.2, 0) is 19.8 Å². The first-order chi connectivity index (χ1) is 16.8. The zero-order chi connectivity index (χ0) is 24.7. The van der Waals surface area contributed by atoms with Gasteiger partial charge in [0, 0.05) is 46.4 Å². The summed E-state index contributed by atoms with van der Waals surface area (Å²) in [6.07, 6.45) is 8.38. The van der Waals surface area contributed by atoms with Crippen molar-refractivity contribution in [2.24, 2.45) is 14.1 Å². The number of terminal acetylenes is 1. The van der Waals surface area contributed by atoms with Crippen molar-refractivity contribution in [2.75, 3.05) is 0 Å². The summed E-state index contributed by atoms with van der Waals surface area (Å²) in [5.41, 5.74) is 0.402. The van der Waals surface area contributed by atoms with Gasteiger partial charge in [-0.05, 0) is 58.5 Å². The van der Waals surface area contributed by atoms with E-state index in [9.17, 15) is 4.79 Å². The number of aromatic nitrogens is 6. The van der Waals surface area contributed by atoms with Crippen LogP contribution in [0.25, 0.3) is 22.3 Å². The van der Waals surface area contributed by atoms with Crippen molar-refractivity contribution in [2.45, 2.75) is 5.67 Å². The largest absolute Gasteiger partial charge is 0.296 e. The third kappa shape index (κ3) is 3.80. The summed E-state index contributed by atoms with van der Waals surface area (Å²) in [5, 5.41) is 8.42. The van der Waals surface area contributed by atoms with Crippen molar-refractivity contribution in [1.29, 1.82) is 0 Å². The van der Waals surface area contributed by atoms with Gasteiger partial charge < -0.3 is 0 Å². The average molecular weight is 576 g/mol. The van der Waals surface area contributed by atoms with Crippen molar-refractivity contribution in [1.82, 2.24) is 29.5 Å². The second kappa shape index (κ2) is 8.70. The summed E-state index contributed by atoms with van der Waals surface area (Å²) < 4.78 is 21.1. The van der Waals surface area contributed by atoms with E-state index < -0.39 is 5.67 Å². The lowest BCUT2D eigenvalue weighted by molar-refractivity contribution is 0.263. The van der Waals surface area contributed by atoms with Gasteiger partial charge in [0.15, 0.2) is 0 Å². The number of halogens is 2. The molecule has 0 aliphatic rings. The van der Waals surface area contributed by atoms with Crippen molar-refractivity contribution < 1.29 is 4.39 Å². The minimum atomic E-state index is -2.11. The van der Waals surface area contributed by atoms with Crippen molar-refractivity contribution >= 4 is 33.6 Å². The highest BCUT2D eigenvalue weighted by Crippen LogP contribution is 2.41. The Bertz CT molecular complexity index is 1690. The van der Waals surface area contributed by atoms with Crippen LogP contribution in [0, 0.1) is 15.9 Å². The smallest absolute Gasteiger partial charge is 0.252 e. The summed E-state index contributed by atoms with van der Waals surface area (Å²) in [4.78, 5) is 21.7. The van der Waals surface area contributed by atoms with Crippen LogP contribution >= 0.6 is 22.6 Å². The maximum atomic E-state index is 17.3. The average Bonchev–Trinajstić information content (AvgIpc) is 3.32. The Morgan fingerprint density at radius 2 is 1.83 bits per heavy atom. The number of hydrogen-bond acceptors (Lipinski definition) is 5. The Balaban J connectivity index is 1.84. The van der Waals surface area contributed by atoms with E-state index in [2.05, 4.69) is 48.8 Å². The lowest BCUT2D eigenvalue weighted by atomic mass is 9.85. The second-order valence-electron chi connectivity index (χ2n) is 8.01. The van der Waals surface area contributed by atoms with E-state index in [4.69, 9.17) is 6.42 Å². The van der Waals surface area contributed by atoms with E-state index in [0.717, 1.165) is 3.57 Å². The van der Waals surface area contributed by atoms with Crippen LogP contribution in [0.3, 0.4) is 0 Å². The van der Waals surface area contributed by atoms with Crippen LogP contribution < -0.4 is 5.56 Å². The second-order valence-corrected chi connectivity index (χ2v) is 9.26. The first kappa shape index (κ1) is 22.9. The number of fused-ring (bicyclic) bond motifs is 1. The van der Waals surface area contributed by atoms with Gasteiger partial charge in [-0.3, -0.25) is 9.36 Å². The van der Waals surface area contributed by atoms with Crippen LogP contribution in [0.4, 0.5) is 4.39 Å². The van der Waals surface area contributed by atoms with E-state index in [1.165, 1.54) is 27.7 Å². The molecule has 1 atom stereocenters. The van der Waals surface area contributed by atoms with Crippen LogP contribution in [-0.4, -0.2) is 29.5 Å². The Labute approximate surface area is 213 Å². The third-order valence-corrected chi connectivity index (χ3v) is 6.67. The predicted octanol–water partition coefficient (Wildman–Crippen LogP) is 3.97. The molecule has 0 spiro atoms. The Hall–Kier alpha value is -3.91. The maximum Gasteiger partial charge on any atom is 0.252 e. The molecule has 172 valence electrons. The highest BCUT2D eigenvalue weighted by atomic mass is 127. The molecular formula is C26H18FIN6O. The highest BCUT2D eigenvalue weighted by Gasteiger charge is 2.40. The third-order valence-electron chi connectivity index (χ3n) is 5.95. The first-order valence-electron chi connectivity index (χ1n) is 10.6. The minimum absolute atomic E-state index is 0.249. The SMILES string of the molecule is C#Cc1cccc(-c2cc(=O)n(C)c3ncc([C@](F)(c4ccc(I)cc4)c4cnnn4C)cc23)n1. The fraction of sp³-hybridized carbons (Fsp3) is 0.115. The van der Waals surface area contributed by atoms with Gasteiger partial charge in [0.1, 0.15) is 17.0 Å². The molecule has 0 saturated carbocycles. The molecule has 0 unspecified atom stereocenters. The molecule has 0 bridgehead atoms. The van der Waals surface area contributed by atoms with Gasteiger partial charge >= 0.3 is 0 Å². The van der Waals surface area contributed by atoms with Crippen molar-refractivity contribution in [3.05, 3.63) is 103 Å².